The summed E-state index contributed by atoms with van der Waals surface area (Å²) in [4.78, 5) is 29.1. The number of rotatable bonds is 9. The van der Waals surface area contributed by atoms with Crippen LogP contribution < -0.4 is 10.1 Å². The molecule has 2 aromatic carbocycles. The van der Waals surface area contributed by atoms with Gasteiger partial charge in [-0.3, -0.25) is 14.5 Å². The summed E-state index contributed by atoms with van der Waals surface area (Å²) in [6.45, 7) is 5.25. The number of aliphatic hydroxyl groups excluding tert-OH is 1. The Kier molecular flexibility index (Phi) is 10.2. The van der Waals surface area contributed by atoms with E-state index >= 15 is 0 Å². The molecule has 0 fully saturated rings. The number of aliphatic hydroxyl groups is 1. The number of halogens is 3. The van der Waals surface area contributed by atoms with Crippen molar-refractivity contribution in [2.24, 2.45) is 5.92 Å². The summed E-state index contributed by atoms with van der Waals surface area (Å²) in [5.74, 6) is -0.557. The summed E-state index contributed by atoms with van der Waals surface area (Å²) in [6.07, 6.45) is -6.66. The molecule has 208 valence electrons. The molecular formula is C28H36F3N3O4. The van der Waals surface area contributed by atoms with E-state index in [1.54, 1.807) is 30.0 Å². The molecular weight excluding hydrogens is 499 g/mol. The summed E-state index contributed by atoms with van der Waals surface area (Å²) in [5, 5.41) is 12.3. The molecule has 0 radical (unpaired) electrons. The van der Waals surface area contributed by atoms with Gasteiger partial charge in [0.2, 0.25) is 11.8 Å². The number of benzene rings is 2. The average Bonchev–Trinajstić information content (AvgIpc) is 2.90. The van der Waals surface area contributed by atoms with Crippen LogP contribution in [0, 0.1) is 5.92 Å². The Morgan fingerprint density at radius 3 is 2.61 bits per heavy atom. The van der Waals surface area contributed by atoms with Gasteiger partial charge in [-0.2, -0.15) is 13.2 Å². The summed E-state index contributed by atoms with van der Waals surface area (Å²) < 4.78 is 43.9. The maximum absolute atomic E-state index is 13.3. The maximum atomic E-state index is 13.3. The van der Waals surface area contributed by atoms with Crippen molar-refractivity contribution in [3.05, 3.63) is 59.7 Å². The van der Waals surface area contributed by atoms with Gasteiger partial charge in [-0.1, -0.05) is 37.3 Å². The molecule has 38 heavy (non-hydrogen) atoms. The van der Waals surface area contributed by atoms with Gasteiger partial charge < -0.3 is 20.1 Å². The number of hydrogen-bond acceptors (Lipinski definition) is 5. The fourth-order valence-corrected chi connectivity index (χ4v) is 4.47. The van der Waals surface area contributed by atoms with E-state index < -0.39 is 31.0 Å². The monoisotopic (exact) mass is 535 g/mol. The smallest absolute Gasteiger partial charge is 0.389 e. The van der Waals surface area contributed by atoms with E-state index in [2.05, 4.69) is 10.2 Å². The molecule has 2 N–H and O–H groups in total. The second kappa shape index (κ2) is 13.1. The number of nitrogens with zero attached hydrogens (tertiary/aromatic N) is 2. The van der Waals surface area contributed by atoms with Crippen LogP contribution in [0.25, 0.3) is 0 Å². The topological polar surface area (TPSA) is 82.1 Å². The van der Waals surface area contributed by atoms with E-state index in [-0.39, 0.29) is 31.0 Å². The van der Waals surface area contributed by atoms with Gasteiger partial charge in [-0.15, -0.1) is 0 Å². The van der Waals surface area contributed by atoms with E-state index in [4.69, 9.17) is 4.74 Å². The Hall–Kier alpha value is -3.11. The minimum absolute atomic E-state index is 0.0365. The number of carbonyl (C=O) groups excluding carboxylic acids is 2. The number of anilines is 1. The van der Waals surface area contributed by atoms with Crippen LogP contribution in [0.4, 0.5) is 18.9 Å². The summed E-state index contributed by atoms with van der Waals surface area (Å²) in [7, 11) is 2.00. The molecule has 0 spiro atoms. The van der Waals surface area contributed by atoms with Gasteiger partial charge in [0, 0.05) is 43.2 Å². The molecule has 0 aromatic heterocycles. The minimum Gasteiger partial charge on any atom is -0.488 e. The third-order valence-electron chi connectivity index (χ3n) is 6.62. The minimum atomic E-state index is -4.42. The third-order valence-corrected chi connectivity index (χ3v) is 6.62. The summed E-state index contributed by atoms with van der Waals surface area (Å²) in [5.41, 5.74) is 1.96. The Balaban J connectivity index is 1.84. The van der Waals surface area contributed by atoms with Gasteiger partial charge in [0.15, 0.2) is 0 Å². The largest absolute Gasteiger partial charge is 0.488 e. The van der Waals surface area contributed by atoms with Crippen LogP contribution in [-0.4, -0.2) is 71.8 Å². The van der Waals surface area contributed by atoms with E-state index in [0.29, 0.717) is 36.6 Å². The first-order chi connectivity index (χ1) is 17.9. The first-order valence-electron chi connectivity index (χ1n) is 12.7. The lowest BCUT2D eigenvalue weighted by Gasteiger charge is -2.34. The van der Waals surface area contributed by atoms with Gasteiger partial charge in [0.05, 0.1) is 25.5 Å². The van der Waals surface area contributed by atoms with Crippen molar-refractivity contribution in [1.82, 2.24) is 9.80 Å². The SMILES string of the molecule is C[C@H]1CN([C@@H](C)CO)C(=O)Cc2cc(NC(=O)CCC(F)(F)F)ccc2O[C@@H]1CN(C)Cc1ccccc1. The highest BCUT2D eigenvalue weighted by atomic mass is 19.4. The molecule has 0 saturated carbocycles. The van der Waals surface area contributed by atoms with E-state index in [9.17, 15) is 27.9 Å². The number of carbonyl (C=O) groups is 2. The molecule has 0 bridgehead atoms. The lowest BCUT2D eigenvalue weighted by Crippen LogP contribution is -2.47. The highest BCUT2D eigenvalue weighted by Crippen LogP contribution is 2.30. The molecule has 2 amide bonds. The lowest BCUT2D eigenvalue weighted by atomic mass is 10.0. The van der Waals surface area contributed by atoms with Crippen molar-refractivity contribution >= 4 is 17.5 Å². The molecule has 10 heteroatoms. The summed E-state index contributed by atoms with van der Waals surface area (Å²) >= 11 is 0. The van der Waals surface area contributed by atoms with E-state index in [1.165, 1.54) is 0 Å². The zero-order chi connectivity index (χ0) is 27.9. The Morgan fingerprint density at radius 2 is 1.95 bits per heavy atom. The normalized spacial score (nSPS) is 19.2. The molecule has 2 aromatic rings. The molecule has 0 unspecified atom stereocenters. The van der Waals surface area contributed by atoms with Gasteiger partial charge >= 0.3 is 6.18 Å². The molecule has 1 aliphatic rings. The van der Waals surface area contributed by atoms with Crippen LogP contribution in [0.2, 0.25) is 0 Å². The number of alkyl halides is 3. The van der Waals surface area contributed by atoms with Crippen LogP contribution in [0.1, 0.15) is 37.8 Å². The van der Waals surface area contributed by atoms with Crippen LogP contribution in [0.5, 0.6) is 5.75 Å². The molecule has 0 saturated heterocycles. The van der Waals surface area contributed by atoms with Crippen molar-refractivity contribution < 1.29 is 32.6 Å². The van der Waals surface area contributed by atoms with Crippen LogP contribution in [0.15, 0.2) is 48.5 Å². The molecule has 3 rings (SSSR count). The molecule has 1 aliphatic heterocycles. The first kappa shape index (κ1) is 29.4. The molecule has 0 aliphatic carbocycles. The van der Waals surface area contributed by atoms with Crippen molar-refractivity contribution in [2.45, 2.75) is 58.0 Å². The summed E-state index contributed by atoms with van der Waals surface area (Å²) in [6, 6.07) is 14.4. The number of ether oxygens (including phenoxy) is 1. The zero-order valence-corrected chi connectivity index (χ0v) is 22.0. The van der Waals surface area contributed by atoms with Gasteiger partial charge in [-0.05, 0) is 37.7 Å². The van der Waals surface area contributed by atoms with Crippen LogP contribution >= 0.6 is 0 Å². The Morgan fingerprint density at radius 1 is 1.24 bits per heavy atom. The van der Waals surface area contributed by atoms with Gasteiger partial charge in [0.25, 0.3) is 0 Å². The first-order valence-corrected chi connectivity index (χ1v) is 12.7. The number of amides is 2. The fraction of sp³-hybridized carbons (Fsp3) is 0.500. The lowest BCUT2D eigenvalue weighted by molar-refractivity contribution is -0.142. The average molecular weight is 536 g/mol. The second-order valence-corrected chi connectivity index (χ2v) is 10.1. The number of fused-ring (bicyclic) bond motifs is 1. The predicted molar refractivity (Wildman–Crippen MR) is 139 cm³/mol. The maximum Gasteiger partial charge on any atom is 0.389 e. The van der Waals surface area contributed by atoms with Crippen molar-refractivity contribution in [3.63, 3.8) is 0 Å². The highest BCUT2D eigenvalue weighted by Gasteiger charge is 2.31. The molecule has 1 heterocycles. The quantitative estimate of drug-likeness (QED) is 0.502. The van der Waals surface area contributed by atoms with Crippen molar-refractivity contribution in [2.75, 3.05) is 32.1 Å². The Labute approximate surface area is 221 Å². The van der Waals surface area contributed by atoms with Crippen molar-refractivity contribution in [1.29, 1.82) is 0 Å². The van der Waals surface area contributed by atoms with Gasteiger partial charge in [0.1, 0.15) is 11.9 Å². The molecule has 7 nitrogen and oxygen atoms in total. The standard InChI is InChI=1S/C28H36F3N3O4/c1-19-15-34(20(2)18-35)27(37)14-22-13-23(32-26(36)11-12-28(29,30)31)9-10-24(22)38-25(19)17-33(3)16-21-7-5-4-6-8-21/h4-10,13,19-20,25,35H,11-12,14-18H2,1-3H3,(H,32,36)/t19-,20-,25+/m0/s1. The highest BCUT2D eigenvalue weighted by molar-refractivity contribution is 5.91. The fourth-order valence-electron chi connectivity index (χ4n) is 4.47. The Bertz CT molecular complexity index is 1080. The van der Waals surface area contributed by atoms with Gasteiger partial charge in [-0.25, -0.2) is 0 Å². The number of hydrogen-bond donors (Lipinski definition) is 2. The van der Waals surface area contributed by atoms with Crippen LogP contribution in [-0.2, 0) is 22.6 Å². The van der Waals surface area contributed by atoms with Crippen LogP contribution in [0.3, 0.4) is 0 Å². The molecule has 3 atom stereocenters. The van der Waals surface area contributed by atoms with Crippen molar-refractivity contribution in [3.8, 4) is 5.75 Å². The number of nitrogens with one attached hydrogen (secondary N) is 1. The number of likely N-dealkylation sites (N-methyl/N-ethyl adjacent to an activating group) is 1. The van der Waals surface area contributed by atoms with E-state index in [1.807, 2.05) is 44.3 Å². The predicted octanol–water partition coefficient (Wildman–Crippen LogP) is 4.25. The zero-order valence-electron chi connectivity index (χ0n) is 22.0. The second-order valence-electron chi connectivity index (χ2n) is 10.1. The van der Waals surface area contributed by atoms with E-state index in [0.717, 1.165) is 5.56 Å². The third kappa shape index (κ3) is 8.73.